The molecule has 4 rings (SSSR count). The number of hydrogen-bond acceptors (Lipinski definition) is 1. The molecule has 0 aliphatic heterocycles. The molecule has 2 unspecified atom stereocenters. The van der Waals surface area contributed by atoms with E-state index in [2.05, 4.69) is 54.5 Å². The summed E-state index contributed by atoms with van der Waals surface area (Å²) in [4.78, 5) is 0. The maximum absolute atomic E-state index is 10.8. The molecule has 0 radical (unpaired) electrons. The molecule has 1 heteroatoms. The Bertz CT molecular complexity index is 659. The average Bonchev–Trinajstić information content (AvgIpc) is 2.99. The van der Waals surface area contributed by atoms with Crippen LogP contribution in [0.4, 0.5) is 0 Å². The van der Waals surface area contributed by atoms with Crippen LogP contribution in [0, 0.1) is 51.8 Å². The van der Waals surface area contributed by atoms with Crippen molar-refractivity contribution in [3.8, 4) is 0 Å². The molecular formula is C29H50O. The van der Waals surface area contributed by atoms with Crippen LogP contribution in [0.2, 0.25) is 0 Å². The fraction of sp³-hybridized carbons (Fsp3) is 0.931. The number of rotatable bonds is 5. The van der Waals surface area contributed by atoms with Crippen molar-refractivity contribution >= 4 is 0 Å². The Hall–Kier alpha value is -0.300. The van der Waals surface area contributed by atoms with E-state index < -0.39 is 0 Å². The summed E-state index contributed by atoms with van der Waals surface area (Å²) in [5.41, 5.74) is 2.87. The predicted molar refractivity (Wildman–Crippen MR) is 128 cm³/mol. The number of allylic oxidation sites excluding steroid dienone is 2. The Balaban J connectivity index is 1.53. The van der Waals surface area contributed by atoms with Gasteiger partial charge in [-0.3, -0.25) is 0 Å². The molecule has 0 amide bonds. The van der Waals surface area contributed by atoms with Crippen LogP contribution in [0.25, 0.3) is 0 Å². The molecule has 30 heavy (non-hydrogen) atoms. The molecule has 0 bridgehead atoms. The van der Waals surface area contributed by atoms with Crippen LogP contribution < -0.4 is 0 Å². The molecule has 172 valence electrons. The summed E-state index contributed by atoms with van der Waals surface area (Å²) < 4.78 is 0. The fourth-order valence-electron chi connectivity index (χ4n) is 9.17. The second kappa shape index (κ2) is 7.93. The number of aliphatic hydroxyl groups excluding tert-OH is 1. The molecule has 1 N–H and O–H groups in total. The first-order chi connectivity index (χ1) is 14.0. The Kier molecular flexibility index (Phi) is 6.05. The maximum Gasteiger partial charge on any atom is 0.0594 e. The standard InChI is InChI=1S/C29H50O/c1-19(2)9-8-10-20(3)23-13-14-24-22-12-11-21-17-26(30)27(4,5)18-29(21,7)25(22)15-16-28(23,24)6/h12,19-21,23-26,30H,8-11,13-18H2,1-7H3/t20-,21?,23-,24+,25+,26?,28-,29+/m1/s1. The summed E-state index contributed by atoms with van der Waals surface area (Å²) in [5.74, 6) is 4.94. The van der Waals surface area contributed by atoms with Gasteiger partial charge >= 0.3 is 0 Å². The van der Waals surface area contributed by atoms with E-state index in [1.54, 1.807) is 0 Å². The minimum absolute atomic E-state index is 0.0671. The topological polar surface area (TPSA) is 20.2 Å². The van der Waals surface area contributed by atoms with Crippen molar-refractivity contribution in [1.29, 1.82) is 0 Å². The summed E-state index contributed by atoms with van der Waals surface area (Å²) in [5, 5.41) is 10.8. The Morgan fingerprint density at radius 1 is 0.967 bits per heavy atom. The van der Waals surface area contributed by atoms with Crippen LogP contribution in [0.15, 0.2) is 11.6 Å². The van der Waals surface area contributed by atoms with E-state index in [0.29, 0.717) is 16.7 Å². The van der Waals surface area contributed by atoms with Crippen LogP contribution in [-0.2, 0) is 0 Å². The van der Waals surface area contributed by atoms with Gasteiger partial charge in [-0.05, 0) is 96.7 Å². The van der Waals surface area contributed by atoms with Gasteiger partial charge in [-0.25, -0.2) is 0 Å². The Morgan fingerprint density at radius 2 is 1.67 bits per heavy atom. The van der Waals surface area contributed by atoms with Gasteiger partial charge in [-0.15, -0.1) is 0 Å². The summed E-state index contributed by atoms with van der Waals surface area (Å²) in [6.45, 7) is 17.2. The number of hydrogen-bond donors (Lipinski definition) is 1. The van der Waals surface area contributed by atoms with Gasteiger partial charge in [0.05, 0.1) is 6.10 Å². The van der Waals surface area contributed by atoms with Gasteiger partial charge in [0, 0.05) is 0 Å². The molecule has 4 aliphatic rings. The highest BCUT2D eigenvalue weighted by Crippen LogP contribution is 2.68. The van der Waals surface area contributed by atoms with Crippen LogP contribution in [0.3, 0.4) is 0 Å². The molecule has 8 atom stereocenters. The maximum atomic E-state index is 10.8. The van der Waals surface area contributed by atoms with Crippen molar-refractivity contribution in [2.75, 3.05) is 0 Å². The van der Waals surface area contributed by atoms with Gasteiger partial charge in [-0.1, -0.05) is 79.4 Å². The first-order valence-electron chi connectivity index (χ1n) is 13.4. The quantitative estimate of drug-likeness (QED) is 0.451. The van der Waals surface area contributed by atoms with Gasteiger partial charge in [0.1, 0.15) is 0 Å². The van der Waals surface area contributed by atoms with Gasteiger partial charge in [-0.2, -0.15) is 0 Å². The minimum atomic E-state index is -0.123. The largest absolute Gasteiger partial charge is 0.393 e. The molecule has 0 aromatic carbocycles. The van der Waals surface area contributed by atoms with Gasteiger partial charge in [0.2, 0.25) is 0 Å². The number of aliphatic hydroxyl groups is 1. The van der Waals surface area contributed by atoms with E-state index in [-0.39, 0.29) is 11.5 Å². The lowest BCUT2D eigenvalue weighted by molar-refractivity contribution is -0.106. The molecule has 0 aromatic rings. The third kappa shape index (κ3) is 3.64. The smallest absolute Gasteiger partial charge is 0.0594 e. The third-order valence-corrected chi connectivity index (χ3v) is 10.9. The summed E-state index contributed by atoms with van der Waals surface area (Å²) in [6.07, 6.45) is 16.0. The van der Waals surface area contributed by atoms with Crippen LogP contribution in [0.1, 0.15) is 113 Å². The average molecular weight is 415 g/mol. The van der Waals surface area contributed by atoms with Crippen LogP contribution in [-0.4, -0.2) is 11.2 Å². The highest BCUT2D eigenvalue weighted by atomic mass is 16.3. The summed E-state index contributed by atoms with van der Waals surface area (Å²) >= 11 is 0. The summed E-state index contributed by atoms with van der Waals surface area (Å²) in [6, 6.07) is 0. The zero-order valence-electron chi connectivity index (χ0n) is 21.1. The van der Waals surface area contributed by atoms with E-state index in [0.717, 1.165) is 36.0 Å². The Morgan fingerprint density at radius 3 is 2.37 bits per heavy atom. The van der Waals surface area contributed by atoms with Crippen molar-refractivity contribution in [3.05, 3.63) is 11.6 Å². The van der Waals surface area contributed by atoms with E-state index >= 15 is 0 Å². The lowest BCUT2D eigenvalue weighted by Crippen LogP contribution is -2.54. The van der Waals surface area contributed by atoms with E-state index in [9.17, 15) is 5.11 Å². The first-order valence-corrected chi connectivity index (χ1v) is 13.4. The van der Waals surface area contributed by atoms with Crippen LogP contribution in [0.5, 0.6) is 0 Å². The monoisotopic (exact) mass is 414 g/mol. The second-order valence-corrected chi connectivity index (χ2v) is 13.7. The highest BCUT2D eigenvalue weighted by molar-refractivity contribution is 5.28. The van der Waals surface area contributed by atoms with Gasteiger partial charge in [0.15, 0.2) is 0 Å². The molecule has 0 spiro atoms. The van der Waals surface area contributed by atoms with Gasteiger partial charge in [0.25, 0.3) is 0 Å². The minimum Gasteiger partial charge on any atom is -0.393 e. The van der Waals surface area contributed by atoms with Crippen molar-refractivity contribution < 1.29 is 5.11 Å². The zero-order valence-corrected chi connectivity index (χ0v) is 21.1. The number of fused-ring (bicyclic) bond motifs is 5. The van der Waals surface area contributed by atoms with Crippen molar-refractivity contribution in [2.24, 2.45) is 51.8 Å². The van der Waals surface area contributed by atoms with Crippen molar-refractivity contribution in [1.82, 2.24) is 0 Å². The SMILES string of the molecule is CC(C)CCC[C@@H](C)[C@H]1CC[C@H]2C3=CCC4CC(O)C(C)(C)C[C@]4(C)[C@H]3CC[C@]12C. The van der Waals surface area contributed by atoms with Gasteiger partial charge < -0.3 is 5.11 Å². The van der Waals surface area contributed by atoms with Crippen LogP contribution >= 0.6 is 0 Å². The molecule has 0 aromatic heterocycles. The second-order valence-electron chi connectivity index (χ2n) is 13.7. The first kappa shape index (κ1) is 22.9. The Labute approximate surface area is 187 Å². The fourth-order valence-corrected chi connectivity index (χ4v) is 9.17. The molecule has 0 heterocycles. The zero-order chi connectivity index (χ0) is 21.9. The van der Waals surface area contributed by atoms with Crippen molar-refractivity contribution in [2.45, 2.75) is 119 Å². The van der Waals surface area contributed by atoms with E-state index in [4.69, 9.17) is 0 Å². The van der Waals surface area contributed by atoms with E-state index in [1.807, 2.05) is 5.57 Å². The predicted octanol–water partition coefficient (Wildman–Crippen LogP) is 8.02. The summed E-state index contributed by atoms with van der Waals surface area (Å²) in [7, 11) is 0. The molecule has 1 nitrogen and oxygen atoms in total. The van der Waals surface area contributed by atoms with Crippen molar-refractivity contribution in [3.63, 3.8) is 0 Å². The molecule has 3 fully saturated rings. The molecule has 3 saturated carbocycles. The molecule has 0 saturated heterocycles. The van der Waals surface area contributed by atoms with E-state index in [1.165, 1.54) is 57.8 Å². The third-order valence-electron chi connectivity index (χ3n) is 10.9. The lowest BCUT2D eigenvalue weighted by Gasteiger charge is -2.60. The lowest BCUT2D eigenvalue weighted by atomic mass is 9.45. The molecule has 4 aliphatic carbocycles. The normalized spacial score (nSPS) is 46.0. The molecular weight excluding hydrogens is 364 g/mol. The highest BCUT2D eigenvalue weighted by Gasteiger charge is 2.60.